The van der Waals surface area contributed by atoms with E-state index < -0.39 is 5.82 Å². The topological polar surface area (TPSA) is 29.1 Å². The molecule has 0 radical (unpaired) electrons. The van der Waals surface area contributed by atoms with Crippen molar-refractivity contribution in [3.63, 3.8) is 0 Å². The van der Waals surface area contributed by atoms with Crippen molar-refractivity contribution in [2.24, 2.45) is 0 Å². The van der Waals surface area contributed by atoms with Crippen molar-refractivity contribution in [2.45, 2.75) is 4.90 Å². The molecule has 1 amide bonds. The normalized spacial score (nSPS) is 10.3. The molecule has 0 heterocycles. The van der Waals surface area contributed by atoms with E-state index >= 15 is 0 Å². The van der Waals surface area contributed by atoms with Gasteiger partial charge in [-0.2, -0.15) is 0 Å². The molecule has 0 atom stereocenters. The van der Waals surface area contributed by atoms with Gasteiger partial charge in [-0.05, 0) is 46.3 Å². The molecule has 0 saturated heterocycles. The van der Waals surface area contributed by atoms with E-state index in [2.05, 4.69) is 21.2 Å². The highest BCUT2D eigenvalue weighted by Crippen LogP contribution is 2.17. The van der Waals surface area contributed by atoms with Crippen LogP contribution in [0.3, 0.4) is 0 Å². The molecular weight excluding hydrogens is 341 g/mol. The van der Waals surface area contributed by atoms with Crippen LogP contribution in [0.4, 0.5) is 4.39 Å². The van der Waals surface area contributed by atoms with Gasteiger partial charge in [0.25, 0.3) is 5.91 Å². The van der Waals surface area contributed by atoms with Gasteiger partial charge in [0.05, 0.1) is 4.47 Å². The largest absolute Gasteiger partial charge is 0.351 e. The summed E-state index contributed by atoms with van der Waals surface area (Å²) in [6.45, 7) is 0.538. The predicted octanol–water partition coefficient (Wildman–Crippen LogP) is 4.11. The van der Waals surface area contributed by atoms with Crippen LogP contribution in [0.5, 0.6) is 0 Å². The minimum atomic E-state index is -0.434. The molecule has 20 heavy (non-hydrogen) atoms. The fraction of sp³-hybridized carbons (Fsp3) is 0.133. The molecule has 0 aromatic heterocycles. The minimum Gasteiger partial charge on any atom is -0.351 e. The lowest BCUT2D eigenvalue weighted by atomic mass is 10.2. The van der Waals surface area contributed by atoms with Crippen molar-refractivity contribution in [3.8, 4) is 0 Å². The smallest absolute Gasteiger partial charge is 0.251 e. The second-order valence-electron chi connectivity index (χ2n) is 4.05. The van der Waals surface area contributed by atoms with Crippen molar-refractivity contribution in [3.05, 3.63) is 64.4 Å². The van der Waals surface area contributed by atoms with Gasteiger partial charge in [-0.3, -0.25) is 4.79 Å². The monoisotopic (exact) mass is 353 g/mol. The maximum absolute atomic E-state index is 13.3. The highest BCUT2D eigenvalue weighted by atomic mass is 79.9. The van der Waals surface area contributed by atoms with E-state index in [4.69, 9.17) is 0 Å². The number of hydrogen-bond acceptors (Lipinski definition) is 2. The van der Waals surface area contributed by atoms with E-state index in [-0.39, 0.29) is 5.91 Å². The highest BCUT2D eigenvalue weighted by Gasteiger charge is 2.07. The van der Waals surface area contributed by atoms with Crippen LogP contribution < -0.4 is 5.32 Å². The van der Waals surface area contributed by atoms with Crippen LogP contribution >= 0.6 is 27.7 Å². The first-order valence-corrected chi connectivity index (χ1v) is 7.86. The number of halogens is 2. The van der Waals surface area contributed by atoms with Crippen molar-refractivity contribution in [1.82, 2.24) is 5.32 Å². The van der Waals surface area contributed by atoms with Crippen molar-refractivity contribution < 1.29 is 9.18 Å². The van der Waals surface area contributed by atoms with Gasteiger partial charge in [-0.1, -0.05) is 18.2 Å². The number of benzene rings is 2. The third-order valence-corrected chi connectivity index (χ3v) is 4.24. The van der Waals surface area contributed by atoms with Crippen LogP contribution in [0.2, 0.25) is 0 Å². The fourth-order valence-corrected chi connectivity index (χ4v) is 2.63. The van der Waals surface area contributed by atoms with E-state index in [0.717, 1.165) is 10.6 Å². The minimum absolute atomic E-state index is 0.259. The number of amides is 1. The SMILES string of the molecule is O=C(NCCSc1ccccc1)c1ccc(Br)c(F)c1. The Morgan fingerprint density at radius 2 is 1.95 bits per heavy atom. The van der Waals surface area contributed by atoms with Gasteiger partial charge in [0.1, 0.15) is 5.82 Å². The van der Waals surface area contributed by atoms with Crippen molar-refractivity contribution in [1.29, 1.82) is 0 Å². The molecule has 5 heteroatoms. The molecule has 0 aliphatic heterocycles. The maximum Gasteiger partial charge on any atom is 0.251 e. The molecule has 0 aliphatic rings. The predicted molar refractivity (Wildman–Crippen MR) is 83.6 cm³/mol. The second kappa shape index (κ2) is 7.45. The number of nitrogens with one attached hydrogen (secondary N) is 1. The number of rotatable bonds is 5. The molecule has 1 N–H and O–H groups in total. The van der Waals surface area contributed by atoms with Crippen molar-refractivity contribution in [2.75, 3.05) is 12.3 Å². The summed E-state index contributed by atoms with van der Waals surface area (Å²) in [5.41, 5.74) is 0.329. The quantitative estimate of drug-likeness (QED) is 0.647. The average molecular weight is 354 g/mol. The van der Waals surface area contributed by atoms with Crippen LogP contribution in [0.15, 0.2) is 57.9 Å². The lowest BCUT2D eigenvalue weighted by Crippen LogP contribution is -2.25. The summed E-state index contributed by atoms with van der Waals surface area (Å²) in [6, 6.07) is 14.3. The van der Waals surface area contributed by atoms with Gasteiger partial charge in [0.15, 0.2) is 0 Å². The summed E-state index contributed by atoms with van der Waals surface area (Å²) in [6.07, 6.45) is 0. The van der Waals surface area contributed by atoms with E-state index in [1.165, 1.54) is 12.1 Å². The van der Waals surface area contributed by atoms with Crippen LogP contribution in [-0.2, 0) is 0 Å². The zero-order valence-corrected chi connectivity index (χ0v) is 13.0. The summed E-state index contributed by atoms with van der Waals surface area (Å²) in [5.74, 6) is 0.0794. The summed E-state index contributed by atoms with van der Waals surface area (Å²) >= 11 is 4.73. The molecule has 0 unspecified atom stereocenters. The number of hydrogen-bond donors (Lipinski definition) is 1. The van der Waals surface area contributed by atoms with Gasteiger partial charge < -0.3 is 5.32 Å². The zero-order chi connectivity index (χ0) is 14.4. The first kappa shape index (κ1) is 15.1. The Hall–Kier alpha value is -1.33. The molecule has 0 aliphatic carbocycles. The third kappa shape index (κ3) is 4.35. The Morgan fingerprint density at radius 1 is 1.20 bits per heavy atom. The van der Waals surface area contributed by atoms with Gasteiger partial charge in [-0.15, -0.1) is 11.8 Å². The summed E-state index contributed by atoms with van der Waals surface area (Å²) in [4.78, 5) is 13.0. The molecule has 0 spiro atoms. The van der Waals surface area contributed by atoms with Crippen LogP contribution in [0.25, 0.3) is 0 Å². The maximum atomic E-state index is 13.3. The number of carbonyl (C=O) groups is 1. The first-order chi connectivity index (χ1) is 9.66. The Kier molecular flexibility index (Phi) is 5.61. The number of thioether (sulfide) groups is 1. The Labute approximate surface area is 129 Å². The van der Waals surface area contributed by atoms with Crippen LogP contribution in [0, 0.1) is 5.82 Å². The first-order valence-electron chi connectivity index (χ1n) is 6.08. The van der Waals surface area contributed by atoms with Gasteiger partial charge in [-0.25, -0.2) is 4.39 Å². The van der Waals surface area contributed by atoms with E-state index in [1.54, 1.807) is 17.8 Å². The van der Waals surface area contributed by atoms with Crippen LogP contribution in [0.1, 0.15) is 10.4 Å². The molecule has 0 fully saturated rings. The van der Waals surface area contributed by atoms with Gasteiger partial charge in [0.2, 0.25) is 0 Å². The summed E-state index contributed by atoms with van der Waals surface area (Å²) in [7, 11) is 0. The van der Waals surface area contributed by atoms with Gasteiger partial charge >= 0.3 is 0 Å². The fourth-order valence-electron chi connectivity index (χ4n) is 1.59. The molecular formula is C15H13BrFNOS. The Balaban J connectivity index is 1.79. The zero-order valence-electron chi connectivity index (χ0n) is 10.6. The van der Waals surface area contributed by atoms with Crippen LogP contribution in [-0.4, -0.2) is 18.2 Å². The summed E-state index contributed by atoms with van der Waals surface area (Å²) in [5, 5.41) is 2.77. The molecule has 2 rings (SSSR count). The molecule has 2 nitrogen and oxygen atoms in total. The van der Waals surface area contributed by atoms with E-state index in [1.807, 2.05) is 30.3 Å². The van der Waals surface area contributed by atoms with Gasteiger partial charge in [0, 0.05) is 22.8 Å². The molecule has 0 saturated carbocycles. The van der Waals surface area contributed by atoms with E-state index in [9.17, 15) is 9.18 Å². The molecule has 2 aromatic rings. The molecule has 0 bridgehead atoms. The average Bonchev–Trinajstić information content (AvgIpc) is 2.47. The van der Waals surface area contributed by atoms with Crippen molar-refractivity contribution >= 4 is 33.6 Å². The lowest BCUT2D eigenvalue weighted by molar-refractivity contribution is 0.0955. The standard InChI is InChI=1S/C15H13BrFNOS/c16-13-7-6-11(10-14(13)17)15(19)18-8-9-20-12-4-2-1-3-5-12/h1-7,10H,8-9H2,(H,18,19). The Morgan fingerprint density at radius 3 is 2.65 bits per heavy atom. The lowest BCUT2D eigenvalue weighted by Gasteiger charge is -2.06. The van der Waals surface area contributed by atoms with E-state index in [0.29, 0.717) is 16.6 Å². The molecule has 2 aromatic carbocycles. The second-order valence-corrected chi connectivity index (χ2v) is 6.07. The number of carbonyl (C=O) groups excluding carboxylic acids is 1. The Bertz CT molecular complexity index is 592. The highest BCUT2D eigenvalue weighted by molar-refractivity contribution is 9.10. The molecule has 104 valence electrons. The summed E-state index contributed by atoms with van der Waals surface area (Å²) < 4.78 is 13.7. The third-order valence-electron chi connectivity index (χ3n) is 2.58.